The number of aliphatic hydroxyl groups is 1. The Labute approximate surface area is 136 Å². The van der Waals surface area contributed by atoms with Crippen LogP contribution in [0.4, 0.5) is 0 Å². The predicted molar refractivity (Wildman–Crippen MR) is 91.1 cm³/mol. The Balaban J connectivity index is 2.03. The van der Waals surface area contributed by atoms with E-state index in [0.717, 1.165) is 16.8 Å². The molecule has 3 aromatic rings. The van der Waals surface area contributed by atoms with Crippen LogP contribution in [0.3, 0.4) is 0 Å². The molecule has 0 bridgehead atoms. The van der Waals surface area contributed by atoms with Gasteiger partial charge in [-0.15, -0.1) is 5.10 Å². The van der Waals surface area contributed by atoms with Crippen LogP contribution < -0.4 is 0 Å². The van der Waals surface area contributed by atoms with E-state index in [2.05, 4.69) is 73.5 Å². The summed E-state index contributed by atoms with van der Waals surface area (Å²) in [6.07, 6.45) is 0. The lowest BCUT2D eigenvalue weighted by molar-refractivity contribution is 0.277. The minimum absolute atomic E-state index is 0.115. The highest BCUT2D eigenvalue weighted by Crippen LogP contribution is 2.25. The van der Waals surface area contributed by atoms with Crippen LogP contribution in [0.1, 0.15) is 27.9 Å². The molecule has 0 spiro atoms. The van der Waals surface area contributed by atoms with E-state index in [-0.39, 0.29) is 6.61 Å². The van der Waals surface area contributed by atoms with Crippen LogP contribution in [-0.4, -0.2) is 20.1 Å². The monoisotopic (exact) mass is 307 g/mol. The van der Waals surface area contributed by atoms with Gasteiger partial charge in [0.2, 0.25) is 0 Å². The van der Waals surface area contributed by atoms with E-state index in [1.54, 1.807) is 0 Å². The summed E-state index contributed by atoms with van der Waals surface area (Å²) in [4.78, 5) is 0. The maximum atomic E-state index is 9.60. The standard InChI is InChI=1S/C19H21N3O/c1-13-4-7-16(8-5-13)11-22-19(18(12-23)20-21-22)17-9-6-14(2)15(3)10-17/h4-10,23H,11-12H2,1-3H3. The number of hydrogen-bond acceptors (Lipinski definition) is 3. The molecule has 4 nitrogen and oxygen atoms in total. The Hall–Kier alpha value is -2.46. The fourth-order valence-corrected chi connectivity index (χ4v) is 2.64. The van der Waals surface area contributed by atoms with E-state index < -0.39 is 0 Å². The largest absolute Gasteiger partial charge is 0.390 e. The summed E-state index contributed by atoms with van der Waals surface area (Å²) in [7, 11) is 0. The van der Waals surface area contributed by atoms with Crippen LogP contribution >= 0.6 is 0 Å². The molecule has 0 fully saturated rings. The number of aliphatic hydroxyl groups excluding tert-OH is 1. The van der Waals surface area contributed by atoms with Gasteiger partial charge in [0.1, 0.15) is 5.69 Å². The minimum Gasteiger partial charge on any atom is -0.390 e. The fraction of sp³-hybridized carbons (Fsp3) is 0.263. The van der Waals surface area contributed by atoms with Crippen LogP contribution in [0.25, 0.3) is 11.3 Å². The zero-order valence-electron chi connectivity index (χ0n) is 13.7. The van der Waals surface area contributed by atoms with E-state index >= 15 is 0 Å². The number of rotatable bonds is 4. The molecule has 0 aliphatic heterocycles. The second-order valence-corrected chi connectivity index (χ2v) is 5.99. The molecule has 0 aliphatic carbocycles. The quantitative estimate of drug-likeness (QED) is 0.803. The molecule has 3 rings (SSSR count). The van der Waals surface area contributed by atoms with E-state index in [1.165, 1.54) is 16.7 Å². The number of aryl methyl sites for hydroxylation is 3. The van der Waals surface area contributed by atoms with Gasteiger partial charge < -0.3 is 5.11 Å². The maximum absolute atomic E-state index is 9.60. The second kappa shape index (κ2) is 6.34. The summed E-state index contributed by atoms with van der Waals surface area (Å²) >= 11 is 0. The van der Waals surface area contributed by atoms with E-state index in [4.69, 9.17) is 0 Å². The molecule has 0 amide bonds. The SMILES string of the molecule is Cc1ccc(Cn2nnc(CO)c2-c2ccc(C)c(C)c2)cc1. The average molecular weight is 307 g/mol. The first-order valence-electron chi connectivity index (χ1n) is 7.75. The van der Waals surface area contributed by atoms with Crippen molar-refractivity contribution in [2.75, 3.05) is 0 Å². The zero-order valence-corrected chi connectivity index (χ0v) is 13.7. The van der Waals surface area contributed by atoms with Gasteiger partial charge in [-0.1, -0.05) is 47.2 Å². The van der Waals surface area contributed by atoms with E-state index in [0.29, 0.717) is 12.2 Å². The highest BCUT2D eigenvalue weighted by Gasteiger charge is 2.15. The van der Waals surface area contributed by atoms with Gasteiger partial charge in [0.25, 0.3) is 0 Å². The molecule has 118 valence electrons. The Bertz CT molecular complexity index is 819. The Kier molecular flexibility index (Phi) is 4.26. The summed E-state index contributed by atoms with van der Waals surface area (Å²) in [5, 5.41) is 18.0. The van der Waals surface area contributed by atoms with Crippen molar-refractivity contribution in [1.82, 2.24) is 15.0 Å². The maximum Gasteiger partial charge on any atom is 0.116 e. The van der Waals surface area contributed by atoms with Crippen LogP contribution in [0.2, 0.25) is 0 Å². The lowest BCUT2D eigenvalue weighted by Gasteiger charge is -2.10. The third-order valence-corrected chi connectivity index (χ3v) is 4.19. The molecule has 0 saturated carbocycles. The molecule has 0 unspecified atom stereocenters. The van der Waals surface area contributed by atoms with Gasteiger partial charge in [0, 0.05) is 5.56 Å². The molecular weight excluding hydrogens is 286 g/mol. The number of aromatic nitrogens is 3. The van der Waals surface area contributed by atoms with Crippen molar-refractivity contribution in [3.05, 3.63) is 70.4 Å². The normalized spacial score (nSPS) is 11.0. The Morgan fingerprint density at radius 3 is 2.35 bits per heavy atom. The van der Waals surface area contributed by atoms with Crippen LogP contribution in [0, 0.1) is 20.8 Å². The molecule has 0 radical (unpaired) electrons. The molecular formula is C19H21N3O. The number of nitrogens with zero attached hydrogens (tertiary/aromatic N) is 3. The molecule has 23 heavy (non-hydrogen) atoms. The molecule has 1 heterocycles. The fourth-order valence-electron chi connectivity index (χ4n) is 2.64. The molecule has 2 aromatic carbocycles. The molecule has 1 N–H and O–H groups in total. The van der Waals surface area contributed by atoms with Crippen LogP contribution in [0.15, 0.2) is 42.5 Å². The third-order valence-electron chi connectivity index (χ3n) is 4.19. The highest BCUT2D eigenvalue weighted by molar-refractivity contribution is 5.63. The summed E-state index contributed by atoms with van der Waals surface area (Å²) in [5.41, 5.74) is 7.39. The average Bonchev–Trinajstić information content (AvgIpc) is 2.95. The summed E-state index contributed by atoms with van der Waals surface area (Å²) in [6.45, 7) is 6.77. The van der Waals surface area contributed by atoms with Crippen molar-refractivity contribution < 1.29 is 5.11 Å². The first-order chi connectivity index (χ1) is 11.1. The summed E-state index contributed by atoms with van der Waals surface area (Å²) in [5.74, 6) is 0. The Morgan fingerprint density at radius 2 is 1.70 bits per heavy atom. The smallest absolute Gasteiger partial charge is 0.116 e. The van der Waals surface area contributed by atoms with Gasteiger partial charge in [0.15, 0.2) is 0 Å². The molecule has 1 aromatic heterocycles. The van der Waals surface area contributed by atoms with E-state index in [9.17, 15) is 5.11 Å². The zero-order chi connectivity index (χ0) is 16.4. The Morgan fingerprint density at radius 1 is 0.957 bits per heavy atom. The second-order valence-electron chi connectivity index (χ2n) is 5.99. The number of benzene rings is 2. The van der Waals surface area contributed by atoms with Crippen molar-refractivity contribution >= 4 is 0 Å². The molecule has 0 saturated heterocycles. The van der Waals surface area contributed by atoms with Crippen molar-refractivity contribution in [2.45, 2.75) is 33.9 Å². The van der Waals surface area contributed by atoms with Gasteiger partial charge >= 0.3 is 0 Å². The van der Waals surface area contributed by atoms with Gasteiger partial charge in [-0.25, -0.2) is 4.68 Å². The molecule has 0 atom stereocenters. The summed E-state index contributed by atoms with van der Waals surface area (Å²) in [6, 6.07) is 14.7. The van der Waals surface area contributed by atoms with Crippen molar-refractivity contribution in [3.63, 3.8) is 0 Å². The van der Waals surface area contributed by atoms with Gasteiger partial charge in [0.05, 0.1) is 18.8 Å². The predicted octanol–water partition coefficient (Wildman–Crippen LogP) is 3.41. The van der Waals surface area contributed by atoms with Gasteiger partial charge in [-0.3, -0.25) is 0 Å². The highest BCUT2D eigenvalue weighted by atomic mass is 16.3. The van der Waals surface area contributed by atoms with Gasteiger partial charge in [-0.2, -0.15) is 0 Å². The molecule has 4 heteroatoms. The summed E-state index contributed by atoms with van der Waals surface area (Å²) < 4.78 is 1.86. The topological polar surface area (TPSA) is 50.9 Å². The van der Waals surface area contributed by atoms with Crippen molar-refractivity contribution in [3.8, 4) is 11.3 Å². The number of hydrogen-bond donors (Lipinski definition) is 1. The minimum atomic E-state index is -0.115. The van der Waals surface area contributed by atoms with Crippen molar-refractivity contribution in [2.24, 2.45) is 0 Å². The lowest BCUT2D eigenvalue weighted by atomic mass is 10.0. The first-order valence-corrected chi connectivity index (χ1v) is 7.75. The lowest BCUT2D eigenvalue weighted by Crippen LogP contribution is -2.05. The van der Waals surface area contributed by atoms with Gasteiger partial charge in [-0.05, 0) is 43.5 Å². The molecule has 0 aliphatic rings. The third kappa shape index (κ3) is 3.17. The van der Waals surface area contributed by atoms with Crippen LogP contribution in [-0.2, 0) is 13.2 Å². The first kappa shape index (κ1) is 15.4. The van der Waals surface area contributed by atoms with Crippen molar-refractivity contribution in [1.29, 1.82) is 0 Å². The van der Waals surface area contributed by atoms with Crippen LogP contribution in [0.5, 0.6) is 0 Å². The van der Waals surface area contributed by atoms with E-state index in [1.807, 2.05) is 4.68 Å².